The molecule has 1 saturated heterocycles. The number of para-hydroxylation sites is 1. The van der Waals surface area contributed by atoms with Crippen LogP contribution in [0.3, 0.4) is 0 Å². The third kappa shape index (κ3) is 7.65. The monoisotopic (exact) mass is 503 g/mol. The number of hydrogen-bond donors (Lipinski definition) is 1. The molecule has 4 rings (SSSR count). The largest absolute Gasteiger partial charge is 0.489 e. The van der Waals surface area contributed by atoms with E-state index in [-0.39, 0.29) is 23.9 Å². The highest BCUT2D eigenvalue weighted by atomic mass is 19.1. The molecule has 0 spiro atoms. The minimum atomic E-state index is -0.281. The van der Waals surface area contributed by atoms with E-state index in [0.717, 1.165) is 66.7 Å². The number of carbonyl (C=O) groups is 1. The quantitative estimate of drug-likeness (QED) is 0.298. The van der Waals surface area contributed by atoms with Crippen molar-refractivity contribution in [3.63, 3.8) is 0 Å². The fourth-order valence-electron chi connectivity index (χ4n) is 4.89. The highest BCUT2D eigenvalue weighted by Crippen LogP contribution is 2.25. The van der Waals surface area contributed by atoms with Crippen LogP contribution >= 0.6 is 0 Å². The smallest absolute Gasteiger partial charge is 0.252 e. The van der Waals surface area contributed by atoms with E-state index in [1.807, 2.05) is 43.3 Å². The van der Waals surface area contributed by atoms with Crippen molar-refractivity contribution in [1.29, 1.82) is 0 Å². The lowest BCUT2D eigenvalue weighted by molar-refractivity contribution is 0.0927. The normalized spacial score (nSPS) is 16.1. The van der Waals surface area contributed by atoms with Gasteiger partial charge in [0.2, 0.25) is 0 Å². The van der Waals surface area contributed by atoms with Crippen LogP contribution in [0.15, 0.2) is 66.7 Å². The van der Waals surface area contributed by atoms with E-state index in [2.05, 4.69) is 25.2 Å². The minimum absolute atomic E-state index is 0.116. The van der Waals surface area contributed by atoms with Crippen LogP contribution in [0.1, 0.15) is 78.2 Å². The Balaban J connectivity index is 1.56. The predicted molar refractivity (Wildman–Crippen MR) is 145 cm³/mol. The predicted octanol–water partition coefficient (Wildman–Crippen LogP) is 7.34. The van der Waals surface area contributed by atoms with Crippen molar-refractivity contribution in [2.75, 3.05) is 6.61 Å². The molecule has 0 aliphatic carbocycles. The topological polar surface area (TPSA) is 47.6 Å². The number of nitrogens with one attached hydrogen (secondary N) is 1. The lowest BCUT2D eigenvalue weighted by atomic mass is 9.94. The maximum absolute atomic E-state index is 13.7. The summed E-state index contributed by atoms with van der Waals surface area (Å²) in [6.07, 6.45) is 4.86. The fourth-order valence-corrected chi connectivity index (χ4v) is 4.89. The molecule has 1 heterocycles. The van der Waals surface area contributed by atoms with Gasteiger partial charge in [-0.05, 0) is 91.5 Å². The molecule has 3 aromatic carbocycles. The Morgan fingerprint density at radius 3 is 2.59 bits per heavy atom. The van der Waals surface area contributed by atoms with Crippen LogP contribution in [-0.2, 0) is 17.8 Å². The molecule has 1 aliphatic heterocycles. The molecule has 0 aromatic heterocycles. The highest BCUT2D eigenvalue weighted by molar-refractivity contribution is 5.96. The molecule has 1 aliphatic rings. The molecule has 37 heavy (non-hydrogen) atoms. The summed E-state index contributed by atoms with van der Waals surface area (Å²) in [5.41, 5.74) is 4.60. The second-order valence-corrected chi connectivity index (χ2v) is 10.4. The lowest BCUT2D eigenvalue weighted by Crippen LogP contribution is -2.30. The molecule has 2 unspecified atom stereocenters. The first kappa shape index (κ1) is 26.9. The maximum Gasteiger partial charge on any atom is 0.252 e. The van der Waals surface area contributed by atoms with Crippen molar-refractivity contribution in [3.8, 4) is 5.75 Å². The van der Waals surface area contributed by atoms with Gasteiger partial charge in [-0.3, -0.25) is 4.79 Å². The zero-order valence-corrected chi connectivity index (χ0v) is 22.1. The summed E-state index contributed by atoms with van der Waals surface area (Å²) in [7, 11) is 0. The molecule has 4 nitrogen and oxygen atoms in total. The molecule has 0 bridgehead atoms. The highest BCUT2D eigenvalue weighted by Gasteiger charge is 2.21. The Bertz CT molecular complexity index is 1170. The SMILES string of the molecule is Cc1ccccc1OCc1ccc(CCC2CCCO2)c(C(=O)NC(CC(C)C)c2ccc(F)cc2)c1. The molecule has 1 amide bonds. The molecular formula is C32H38FNO3. The van der Waals surface area contributed by atoms with E-state index < -0.39 is 0 Å². The summed E-state index contributed by atoms with van der Waals surface area (Å²) in [6, 6.07) is 20.2. The van der Waals surface area contributed by atoms with Gasteiger partial charge in [0.25, 0.3) is 5.91 Å². The Morgan fingerprint density at radius 1 is 1.11 bits per heavy atom. The number of aryl methyl sites for hydroxylation is 2. The molecule has 1 N–H and O–H groups in total. The van der Waals surface area contributed by atoms with E-state index in [9.17, 15) is 9.18 Å². The standard InChI is InChI=1S/C32H38FNO3/c1-22(2)19-30(26-12-15-27(33)16-13-26)34-32(35)29-20-24(21-37-31-9-5-4-7-23(31)3)10-11-25(29)14-17-28-8-6-18-36-28/h4-5,7,9-13,15-16,20,22,28,30H,6,8,14,17-19,21H2,1-3H3,(H,34,35). The summed E-state index contributed by atoms with van der Waals surface area (Å²) in [6.45, 7) is 7.47. The van der Waals surface area contributed by atoms with Gasteiger partial charge >= 0.3 is 0 Å². The van der Waals surface area contributed by atoms with Crippen LogP contribution in [0.5, 0.6) is 5.75 Å². The number of ether oxygens (including phenoxy) is 2. The van der Waals surface area contributed by atoms with Gasteiger partial charge in [-0.1, -0.05) is 56.3 Å². The van der Waals surface area contributed by atoms with E-state index in [4.69, 9.17) is 9.47 Å². The lowest BCUT2D eigenvalue weighted by Gasteiger charge is -2.22. The second kappa shape index (κ2) is 12.9. The zero-order chi connectivity index (χ0) is 26.2. The third-order valence-electron chi connectivity index (χ3n) is 6.95. The van der Waals surface area contributed by atoms with E-state index in [1.165, 1.54) is 12.1 Å². The van der Waals surface area contributed by atoms with Crippen LogP contribution in [0, 0.1) is 18.7 Å². The molecule has 196 valence electrons. The second-order valence-electron chi connectivity index (χ2n) is 10.4. The van der Waals surface area contributed by atoms with Gasteiger partial charge in [0, 0.05) is 12.2 Å². The van der Waals surface area contributed by atoms with Gasteiger partial charge < -0.3 is 14.8 Å². The number of amides is 1. The number of benzene rings is 3. The molecule has 0 radical (unpaired) electrons. The summed E-state index contributed by atoms with van der Waals surface area (Å²) in [5, 5.41) is 3.25. The zero-order valence-electron chi connectivity index (χ0n) is 22.1. The first-order valence-corrected chi connectivity index (χ1v) is 13.4. The average molecular weight is 504 g/mol. The first-order valence-electron chi connectivity index (χ1n) is 13.4. The van der Waals surface area contributed by atoms with Gasteiger partial charge in [-0.25, -0.2) is 4.39 Å². The third-order valence-corrected chi connectivity index (χ3v) is 6.95. The van der Waals surface area contributed by atoms with Crippen molar-refractivity contribution in [3.05, 3.63) is 100 Å². The van der Waals surface area contributed by atoms with Crippen molar-refractivity contribution in [2.45, 2.75) is 71.6 Å². The van der Waals surface area contributed by atoms with Gasteiger partial charge in [0.05, 0.1) is 12.1 Å². The molecule has 1 fully saturated rings. The molecule has 5 heteroatoms. The molecular weight excluding hydrogens is 465 g/mol. The van der Waals surface area contributed by atoms with Crippen LogP contribution in [-0.4, -0.2) is 18.6 Å². The maximum atomic E-state index is 13.7. The first-order chi connectivity index (χ1) is 17.9. The number of halogens is 1. The summed E-state index contributed by atoms with van der Waals surface area (Å²) in [5.74, 6) is 0.804. The fraction of sp³-hybridized carbons (Fsp3) is 0.406. The van der Waals surface area contributed by atoms with Crippen molar-refractivity contribution in [1.82, 2.24) is 5.32 Å². The molecule has 3 aromatic rings. The van der Waals surface area contributed by atoms with Gasteiger partial charge in [0.15, 0.2) is 0 Å². The Hall–Kier alpha value is -3.18. The Kier molecular flexibility index (Phi) is 9.34. The summed E-state index contributed by atoms with van der Waals surface area (Å²) < 4.78 is 25.4. The summed E-state index contributed by atoms with van der Waals surface area (Å²) in [4.78, 5) is 13.7. The van der Waals surface area contributed by atoms with Crippen LogP contribution in [0.4, 0.5) is 4.39 Å². The average Bonchev–Trinajstić information content (AvgIpc) is 3.41. The number of rotatable bonds is 11. The van der Waals surface area contributed by atoms with Crippen molar-refractivity contribution >= 4 is 5.91 Å². The Morgan fingerprint density at radius 2 is 1.89 bits per heavy atom. The van der Waals surface area contributed by atoms with Crippen LogP contribution in [0.2, 0.25) is 0 Å². The van der Waals surface area contributed by atoms with Crippen LogP contribution in [0.25, 0.3) is 0 Å². The van der Waals surface area contributed by atoms with Gasteiger partial charge in [-0.2, -0.15) is 0 Å². The van der Waals surface area contributed by atoms with Gasteiger partial charge in [-0.15, -0.1) is 0 Å². The van der Waals surface area contributed by atoms with E-state index >= 15 is 0 Å². The van der Waals surface area contributed by atoms with E-state index in [0.29, 0.717) is 18.1 Å². The molecule has 2 atom stereocenters. The number of carbonyl (C=O) groups excluding carboxylic acids is 1. The summed E-state index contributed by atoms with van der Waals surface area (Å²) >= 11 is 0. The Labute approximate surface area is 220 Å². The van der Waals surface area contributed by atoms with E-state index in [1.54, 1.807) is 12.1 Å². The van der Waals surface area contributed by atoms with Gasteiger partial charge in [0.1, 0.15) is 18.2 Å². The van der Waals surface area contributed by atoms with Crippen molar-refractivity contribution in [2.24, 2.45) is 5.92 Å². The van der Waals surface area contributed by atoms with Crippen LogP contribution < -0.4 is 10.1 Å². The number of hydrogen-bond acceptors (Lipinski definition) is 3. The molecule has 0 saturated carbocycles. The van der Waals surface area contributed by atoms with Crippen molar-refractivity contribution < 1.29 is 18.7 Å². The minimum Gasteiger partial charge on any atom is -0.489 e.